The van der Waals surface area contributed by atoms with E-state index in [1.807, 2.05) is 22.7 Å². The fourth-order valence-electron chi connectivity index (χ4n) is 3.02. The minimum absolute atomic E-state index is 0.686. The van der Waals surface area contributed by atoms with E-state index in [1.54, 1.807) is 0 Å². The summed E-state index contributed by atoms with van der Waals surface area (Å²) in [7, 11) is 0. The Hall–Kier alpha value is -1.68. The van der Waals surface area contributed by atoms with Gasteiger partial charge in [-0.3, -0.25) is 4.79 Å². The van der Waals surface area contributed by atoms with Crippen molar-refractivity contribution in [3.63, 3.8) is 0 Å². The molecule has 4 nitrogen and oxygen atoms in total. The maximum atomic E-state index is 10.8. The van der Waals surface area contributed by atoms with E-state index in [4.69, 9.17) is 0 Å². The molecule has 0 radical (unpaired) electrons. The Kier molecular flexibility index (Phi) is 3.83. The third-order valence-corrected chi connectivity index (χ3v) is 4.32. The second kappa shape index (κ2) is 5.75. The molecule has 1 aliphatic heterocycles. The fraction of sp³-hybridized carbons (Fsp3) is 0.500. The van der Waals surface area contributed by atoms with Crippen LogP contribution in [-0.2, 0) is 6.42 Å². The molecular formula is C16H21N3O. The maximum Gasteiger partial charge on any atom is 0.150 e. The topological polar surface area (TPSA) is 37.6 Å². The average molecular weight is 271 g/mol. The molecule has 1 aliphatic rings. The number of hydrogen-bond donors (Lipinski definition) is 0. The van der Waals surface area contributed by atoms with Gasteiger partial charge in [0, 0.05) is 18.0 Å². The molecule has 0 atom stereocenters. The molecule has 0 N–H and O–H groups in total. The van der Waals surface area contributed by atoms with Crippen molar-refractivity contribution in [1.29, 1.82) is 0 Å². The number of aldehydes is 1. The average Bonchev–Trinajstić information content (AvgIpc) is 2.89. The summed E-state index contributed by atoms with van der Waals surface area (Å²) >= 11 is 0. The largest absolute Gasteiger partial charge is 0.307 e. The van der Waals surface area contributed by atoms with Crippen LogP contribution in [0.5, 0.6) is 0 Å². The number of carbonyl (C=O) groups is 1. The summed E-state index contributed by atoms with van der Waals surface area (Å²) in [6.45, 7) is 5.82. The van der Waals surface area contributed by atoms with Crippen molar-refractivity contribution >= 4 is 11.9 Å². The highest BCUT2D eigenvalue weighted by Crippen LogP contribution is 2.21. The lowest BCUT2D eigenvalue weighted by molar-refractivity contribution is 0.112. The van der Waals surface area contributed by atoms with Gasteiger partial charge in [0.1, 0.15) is 11.9 Å². The lowest BCUT2D eigenvalue weighted by Gasteiger charge is -2.30. The second-order valence-corrected chi connectivity index (χ2v) is 5.66. The summed E-state index contributed by atoms with van der Waals surface area (Å²) in [5.74, 6) is 0.744. The van der Waals surface area contributed by atoms with Gasteiger partial charge in [-0.15, -0.1) is 0 Å². The zero-order valence-electron chi connectivity index (χ0n) is 12.0. The first-order valence-electron chi connectivity index (χ1n) is 7.43. The van der Waals surface area contributed by atoms with Crippen LogP contribution in [0.3, 0.4) is 0 Å². The van der Waals surface area contributed by atoms with Gasteiger partial charge in [-0.2, -0.15) is 0 Å². The first-order valence-corrected chi connectivity index (χ1v) is 7.43. The van der Waals surface area contributed by atoms with E-state index in [1.165, 1.54) is 25.9 Å². The van der Waals surface area contributed by atoms with Gasteiger partial charge in [-0.1, -0.05) is 6.92 Å². The van der Waals surface area contributed by atoms with Crippen LogP contribution < -0.4 is 0 Å². The molecule has 3 heterocycles. The van der Waals surface area contributed by atoms with Crippen LogP contribution in [0.2, 0.25) is 0 Å². The molecule has 0 saturated carbocycles. The van der Waals surface area contributed by atoms with E-state index >= 15 is 0 Å². The Morgan fingerprint density at radius 1 is 1.40 bits per heavy atom. The molecule has 0 amide bonds. The number of pyridine rings is 1. The number of carbonyl (C=O) groups excluding carboxylic acids is 1. The molecule has 4 heteroatoms. The lowest BCUT2D eigenvalue weighted by Crippen LogP contribution is -2.34. The molecule has 3 rings (SSSR count). The van der Waals surface area contributed by atoms with E-state index in [2.05, 4.69) is 23.0 Å². The molecule has 106 valence electrons. The zero-order valence-corrected chi connectivity index (χ0v) is 12.0. The highest BCUT2D eigenvalue weighted by molar-refractivity contribution is 5.76. The molecule has 0 aliphatic carbocycles. The van der Waals surface area contributed by atoms with Crippen LogP contribution in [0.4, 0.5) is 0 Å². The Morgan fingerprint density at radius 2 is 2.20 bits per heavy atom. The third-order valence-electron chi connectivity index (χ3n) is 4.32. The number of hydrogen-bond acceptors (Lipinski definition) is 3. The van der Waals surface area contributed by atoms with Gasteiger partial charge in [0.25, 0.3) is 0 Å². The van der Waals surface area contributed by atoms with Gasteiger partial charge in [0.05, 0.1) is 5.69 Å². The van der Waals surface area contributed by atoms with Gasteiger partial charge in [0.15, 0.2) is 0 Å². The van der Waals surface area contributed by atoms with Crippen LogP contribution in [0, 0.1) is 5.92 Å². The van der Waals surface area contributed by atoms with Crippen LogP contribution in [0.25, 0.3) is 5.65 Å². The van der Waals surface area contributed by atoms with Gasteiger partial charge >= 0.3 is 0 Å². The number of likely N-dealkylation sites (tertiary alicyclic amines) is 1. The van der Waals surface area contributed by atoms with Crippen molar-refractivity contribution < 1.29 is 4.79 Å². The number of piperidine rings is 1. The predicted molar refractivity (Wildman–Crippen MR) is 79.1 cm³/mol. The monoisotopic (exact) mass is 271 g/mol. The van der Waals surface area contributed by atoms with Gasteiger partial charge in [0.2, 0.25) is 0 Å². The summed E-state index contributed by atoms with van der Waals surface area (Å²) < 4.78 is 2.00. The van der Waals surface area contributed by atoms with E-state index in [-0.39, 0.29) is 0 Å². The standard InChI is InChI=1S/C16H21N3O/c1-2-18-6-3-13(4-7-18)9-15-11-19-8-5-14(12-20)10-16(19)17-15/h5,8,10-13H,2-4,6-7,9H2,1H3. The van der Waals surface area contributed by atoms with Gasteiger partial charge in [-0.05, 0) is 56.9 Å². The zero-order chi connectivity index (χ0) is 13.9. The normalized spacial score (nSPS) is 17.6. The number of nitrogens with zero attached hydrogens (tertiary/aromatic N) is 3. The molecule has 0 spiro atoms. The Labute approximate surface area is 119 Å². The number of aromatic nitrogens is 2. The maximum absolute atomic E-state index is 10.8. The summed E-state index contributed by atoms with van der Waals surface area (Å²) in [5.41, 5.74) is 2.70. The van der Waals surface area contributed by atoms with Crippen molar-refractivity contribution in [3.8, 4) is 0 Å². The van der Waals surface area contributed by atoms with Crippen molar-refractivity contribution in [2.24, 2.45) is 5.92 Å². The molecule has 1 saturated heterocycles. The Balaban J connectivity index is 1.70. The Bertz CT molecular complexity index is 597. The molecule has 2 aromatic heterocycles. The summed E-state index contributed by atoms with van der Waals surface area (Å²) in [6, 6.07) is 3.67. The minimum atomic E-state index is 0.686. The van der Waals surface area contributed by atoms with E-state index in [0.29, 0.717) is 5.56 Å². The Morgan fingerprint density at radius 3 is 2.90 bits per heavy atom. The lowest BCUT2D eigenvalue weighted by atomic mass is 9.92. The van der Waals surface area contributed by atoms with E-state index in [9.17, 15) is 4.79 Å². The van der Waals surface area contributed by atoms with Crippen molar-refractivity contribution in [2.45, 2.75) is 26.2 Å². The fourth-order valence-corrected chi connectivity index (χ4v) is 3.02. The van der Waals surface area contributed by atoms with E-state index in [0.717, 1.165) is 36.5 Å². The highest BCUT2D eigenvalue weighted by atomic mass is 16.1. The number of imidazole rings is 1. The predicted octanol–water partition coefficient (Wildman–Crippen LogP) is 2.42. The molecule has 20 heavy (non-hydrogen) atoms. The second-order valence-electron chi connectivity index (χ2n) is 5.66. The molecule has 2 aromatic rings. The van der Waals surface area contributed by atoms with Crippen molar-refractivity contribution in [2.75, 3.05) is 19.6 Å². The van der Waals surface area contributed by atoms with Crippen LogP contribution in [0.15, 0.2) is 24.5 Å². The molecular weight excluding hydrogens is 250 g/mol. The van der Waals surface area contributed by atoms with Crippen molar-refractivity contribution in [3.05, 3.63) is 35.8 Å². The van der Waals surface area contributed by atoms with Crippen LogP contribution in [0.1, 0.15) is 35.8 Å². The number of rotatable bonds is 4. The van der Waals surface area contributed by atoms with E-state index < -0.39 is 0 Å². The molecule has 0 bridgehead atoms. The third kappa shape index (κ3) is 2.75. The SMILES string of the molecule is CCN1CCC(Cc2cn3ccc(C=O)cc3n2)CC1. The quantitative estimate of drug-likeness (QED) is 0.801. The minimum Gasteiger partial charge on any atom is -0.307 e. The van der Waals surface area contributed by atoms with Gasteiger partial charge in [-0.25, -0.2) is 4.98 Å². The summed E-state index contributed by atoms with van der Waals surface area (Å²) in [4.78, 5) is 17.9. The first kappa shape index (κ1) is 13.3. The molecule has 0 aromatic carbocycles. The van der Waals surface area contributed by atoms with Crippen molar-refractivity contribution in [1.82, 2.24) is 14.3 Å². The number of fused-ring (bicyclic) bond motifs is 1. The first-order chi connectivity index (χ1) is 9.78. The van der Waals surface area contributed by atoms with Crippen LogP contribution >= 0.6 is 0 Å². The summed E-state index contributed by atoms with van der Waals surface area (Å²) in [6.07, 6.45) is 8.46. The van der Waals surface area contributed by atoms with Gasteiger partial charge < -0.3 is 9.30 Å². The summed E-state index contributed by atoms with van der Waals surface area (Å²) in [5, 5.41) is 0. The molecule has 0 unspecified atom stereocenters. The highest BCUT2D eigenvalue weighted by Gasteiger charge is 2.19. The smallest absolute Gasteiger partial charge is 0.150 e. The molecule has 1 fully saturated rings. The van der Waals surface area contributed by atoms with Crippen LogP contribution in [-0.4, -0.2) is 40.2 Å².